The number of hydrogen-bond acceptors (Lipinski definition) is 6. The fraction of sp³-hybridized carbons (Fsp3) is 0.280. The zero-order valence-electron chi connectivity index (χ0n) is 17.9. The third-order valence-corrected chi connectivity index (χ3v) is 5.91. The van der Waals surface area contributed by atoms with E-state index in [1.807, 2.05) is 38.1 Å². The molecule has 0 atom stereocenters. The van der Waals surface area contributed by atoms with Gasteiger partial charge in [-0.1, -0.05) is 42.5 Å². The maximum atomic E-state index is 5.98. The Balaban J connectivity index is 1.32. The van der Waals surface area contributed by atoms with Gasteiger partial charge in [-0.2, -0.15) is 0 Å². The second-order valence-electron chi connectivity index (χ2n) is 8.24. The van der Waals surface area contributed by atoms with Crippen molar-refractivity contribution in [2.24, 2.45) is 5.73 Å². The van der Waals surface area contributed by atoms with Crippen molar-refractivity contribution in [2.75, 3.05) is 6.61 Å². The van der Waals surface area contributed by atoms with Gasteiger partial charge in [0, 0.05) is 16.9 Å². The lowest BCUT2D eigenvalue weighted by Crippen LogP contribution is -2.33. The molecule has 31 heavy (non-hydrogen) atoms. The number of hydrogen-bond donors (Lipinski definition) is 1. The number of benzene rings is 3. The number of fused-ring (bicyclic) bond motifs is 1. The van der Waals surface area contributed by atoms with Gasteiger partial charge in [0.1, 0.15) is 5.75 Å². The van der Waals surface area contributed by atoms with Crippen molar-refractivity contribution in [3.63, 3.8) is 0 Å². The standard InChI is InChI=1S/C25H27N3O2S/c1-25(2,26)14-15-29-21-12-10-19(11-13-21)24-28-27-23(30-24)17-31-16-20-8-5-7-18-6-3-4-9-22(18)20/h3-13H,14-17,26H2,1-2H3. The van der Waals surface area contributed by atoms with Gasteiger partial charge in [0.05, 0.1) is 12.4 Å². The minimum Gasteiger partial charge on any atom is -0.494 e. The Morgan fingerprint density at radius 3 is 2.52 bits per heavy atom. The highest BCUT2D eigenvalue weighted by Crippen LogP contribution is 2.26. The van der Waals surface area contributed by atoms with E-state index in [0.717, 1.165) is 23.5 Å². The first-order chi connectivity index (χ1) is 15.0. The number of ether oxygens (including phenoxy) is 1. The molecule has 0 bridgehead atoms. The van der Waals surface area contributed by atoms with Crippen molar-refractivity contribution < 1.29 is 9.15 Å². The average molecular weight is 434 g/mol. The zero-order chi connectivity index (χ0) is 21.7. The number of rotatable bonds is 9. The molecule has 0 fully saturated rings. The van der Waals surface area contributed by atoms with Crippen LogP contribution < -0.4 is 10.5 Å². The van der Waals surface area contributed by atoms with Gasteiger partial charge < -0.3 is 14.9 Å². The summed E-state index contributed by atoms with van der Waals surface area (Å²) in [7, 11) is 0. The Morgan fingerprint density at radius 2 is 1.71 bits per heavy atom. The Kier molecular flexibility index (Phi) is 6.59. The van der Waals surface area contributed by atoms with Crippen LogP contribution >= 0.6 is 11.8 Å². The molecule has 0 saturated heterocycles. The smallest absolute Gasteiger partial charge is 0.247 e. The molecule has 6 heteroatoms. The summed E-state index contributed by atoms with van der Waals surface area (Å²) in [4.78, 5) is 0. The minimum absolute atomic E-state index is 0.230. The molecule has 2 N–H and O–H groups in total. The number of aromatic nitrogens is 2. The summed E-state index contributed by atoms with van der Waals surface area (Å²) in [6.45, 7) is 4.57. The summed E-state index contributed by atoms with van der Waals surface area (Å²) in [6.07, 6.45) is 0.790. The predicted octanol–water partition coefficient (Wildman–Crippen LogP) is 5.83. The van der Waals surface area contributed by atoms with E-state index in [1.54, 1.807) is 11.8 Å². The van der Waals surface area contributed by atoms with Crippen molar-refractivity contribution in [2.45, 2.75) is 37.3 Å². The molecular weight excluding hydrogens is 406 g/mol. The molecule has 0 spiro atoms. The first-order valence-corrected chi connectivity index (χ1v) is 11.5. The maximum absolute atomic E-state index is 5.98. The van der Waals surface area contributed by atoms with Crippen LogP contribution in [0.3, 0.4) is 0 Å². The predicted molar refractivity (Wildman–Crippen MR) is 127 cm³/mol. The van der Waals surface area contributed by atoms with Gasteiger partial charge in [0.25, 0.3) is 0 Å². The molecule has 4 aromatic rings. The molecule has 3 aromatic carbocycles. The lowest BCUT2D eigenvalue weighted by molar-refractivity contribution is 0.274. The zero-order valence-corrected chi connectivity index (χ0v) is 18.7. The summed E-state index contributed by atoms with van der Waals surface area (Å²) in [5.74, 6) is 3.52. The summed E-state index contributed by atoms with van der Waals surface area (Å²) in [5.41, 5.74) is 7.95. The molecule has 0 saturated carbocycles. The van der Waals surface area contributed by atoms with E-state index in [4.69, 9.17) is 14.9 Å². The van der Waals surface area contributed by atoms with E-state index in [0.29, 0.717) is 24.1 Å². The van der Waals surface area contributed by atoms with Crippen molar-refractivity contribution in [1.29, 1.82) is 0 Å². The van der Waals surface area contributed by atoms with Crippen LogP contribution in [-0.2, 0) is 11.5 Å². The molecule has 0 radical (unpaired) electrons. The lowest BCUT2D eigenvalue weighted by atomic mass is 10.0. The highest BCUT2D eigenvalue weighted by atomic mass is 32.2. The van der Waals surface area contributed by atoms with Gasteiger partial charge >= 0.3 is 0 Å². The number of thioether (sulfide) groups is 1. The molecule has 0 aliphatic heterocycles. The van der Waals surface area contributed by atoms with Crippen LogP contribution in [0.5, 0.6) is 5.75 Å². The summed E-state index contributed by atoms with van der Waals surface area (Å²) >= 11 is 1.77. The van der Waals surface area contributed by atoms with Crippen LogP contribution in [0.2, 0.25) is 0 Å². The van der Waals surface area contributed by atoms with Crippen molar-refractivity contribution in [3.8, 4) is 17.2 Å². The second-order valence-corrected chi connectivity index (χ2v) is 9.23. The fourth-order valence-corrected chi connectivity index (χ4v) is 4.09. The minimum atomic E-state index is -0.230. The number of nitrogens with two attached hydrogens (primary N) is 1. The Morgan fingerprint density at radius 1 is 0.935 bits per heavy atom. The molecule has 1 heterocycles. The quantitative estimate of drug-likeness (QED) is 0.358. The first-order valence-electron chi connectivity index (χ1n) is 10.4. The second kappa shape index (κ2) is 9.54. The SMILES string of the molecule is CC(C)(N)CCOc1ccc(-c2nnc(CSCc3cccc4ccccc34)o2)cc1. The van der Waals surface area contributed by atoms with Crippen LogP contribution in [-0.4, -0.2) is 22.3 Å². The Bertz CT molecular complexity index is 1130. The molecule has 4 rings (SSSR count). The Labute approximate surface area is 187 Å². The van der Waals surface area contributed by atoms with Gasteiger partial charge in [-0.25, -0.2) is 0 Å². The summed E-state index contributed by atoms with van der Waals surface area (Å²) in [6, 6.07) is 22.6. The van der Waals surface area contributed by atoms with Gasteiger partial charge in [-0.15, -0.1) is 22.0 Å². The van der Waals surface area contributed by atoms with E-state index in [1.165, 1.54) is 16.3 Å². The van der Waals surface area contributed by atoms with Crippen LogP contribution in [0.25, 0.3) is 22.2 Å². The van der Waals surface area contributed by atoms with Crippen LogP contribution in [0.4, 0.5) is 0 Å². The van der Waals surface area contributed by atoms with Crippen LogP contribution in [0, 0.1) is 0 Å². The summed E-state index contributed by atoms with van der Waals surface area (Å²) in [5, 5.41) is 11.0. The third-order valence-electron chi connectivity index (χ3n) is 4.95. The normalized spacial score (nSPS) is 11.7. The van der Waals surface area contributed by atoms with E-state index in [2.05, 4.69) is 52.7 Å². The van der Waals surface area contributed by atoms with Gasteiger partial charge in [0.15, 0.2) is 0 Å². The van der Waals surface area contributed by atoms with Gasteiger partial charge in [0.2, 0.25) is 11.8 Å². The first kappa shape index (κ1) is 21.4. The number of nitrogens with zero attached hydrogens (tertiary/aromatic N) is 2. The highest BCUT2D eigenvalue weighted by molar-refractivity contribution is 7.97. The molecule has 0 unspecified atom stereocenters. The topological polar surface area (TPSA) is 74.2 Å². The molecule has 160 valence electrons. The van der Waals surface area contributed by atoms with Crippen LogP contribution in [0.1, 0.15) is 31.7 Å². The van der Waals surface area contributed by atoms with E-state index >= 15 is 0 Å². The highest BCUT2D eigenvalue weighted by Gasteiger charge is 2.12. The largest absolute Gasteiger partial charge is 0.494 e. The summed E-state index contributed by atoms with van der Waals surface area (Å²) < 4.78 is 11.6. The molecule has 0 aliphatic carbocycles. The van der Waals surface area contributed by atoms with Crippen molar-refractivity contribution >= 4 is 22.5 Å². The van der Waals surface area contributed by atoms with E-state index in [-0.39, 0.29) is 5.54 Å². The maximum Gasteiger partial charge on any atom is 0.247 e. The Hall–Kier alpha value is -2.83. The fourth-order valence-electron chi connectivity index (χ4n) is 3.22. The van der Waals surface area contributed by atoms with Crippen LogP contribution in [0.15, 0.2) is 71.1 Å². The average Bonchev–Trinajstić information content (AvgIpc) is 3.22. The molecular formula is C25H27N3O2S. The van der Waals surface area contributed by atoms with Crippen molar-refractivity contribution in [1.82, 2.24) is 10.2 Å². The van der Waals surface area contributed by atoms with Gasteiger partial charge in [-0.3, -0.25) is 0 Å². The lowest BCUT2D eigenvalue weighted by Gasteiger charge is -2.18. The molecule has 0 aliphatic rings. The molecule has 0 amide bonds. The molecule has 5 nitrogen and oxygen atoms in total. The van der Waals surface area contributed by atoms with Crippen molar-refractivity contribution in [3.05, 3.63) is 78.2 Å². The van der Waals surface area contributed by atoms with Gasteiger partial charge in [-0.05, 0) is 60.9 Å². The molecule has 1 aromatic heterocycles. The van der Waals surface area contributed by atoms with E-state index < -0.39 is 0 Å². The monoisotopic (exact) mass is 433 g/mol. The third kappa shape index (κ3) is 5.87. The van der Waals surface area contributed by atoms with E-state index in [9.17, 15) is 0 Å².